The van der Waals surface area contributed by atoms with Gasteiger partial charge < -0.3 is 5.32 Å². The van der Waals surface area contributed by atoms with E-state index in [-0.39, 0.29) is 6.04 Å². The van der Waals surface area contributed by atoms with Gasteiger partial charge in [0, 0.05) is 15.8 Å². The molecule has 3 heteroatoms. The maximum Gasteiger partial charge on any atom is 0.0409 e. The Labute approximate surface area is 134 Å². The van der Waals surface area contributed by atoms with E-state index in [9.17, 15) is 0 Å². The van der Waals surface area contributed by atoms with E-state index in [1.54, 1.807) is 0 Å². The highest BCUT2D eigenvalue weighted by atomic mass is 35.5. The summed E-state index contributed by atoms with van der Waals surface area (Å²) in [6.45, 7) is 2.14. The number of halogens is 1. The number of benzene rings is 2. The molecule has 0 aliphatic heterocycles. The van der Waals surface area contributed by atoms with Gasteiger partial charge >= 0.3 is 0 Å². The number of rotatable bonds is 4. The Morgan fingerprint density at radius 3 is 2.81 bits per heavy atom. The Bertz CT molecular complexity index is 763. The second kappa shape index (κ2) is 6.18. The smallest absolute Gasteiger partial charge is 0.0409 e. The Balaban J connectivity index is 1.96. The summed E-state index contributed by atoms with van der Waals surface area (Å²) in [5, 5.41) is 7.87. The van der Waals surface area contributed by atoms with Gasteiger partial charge in [0.1, 0.15) is 0 Å². The van der Waals surface area contributed by atoms with E-state index in [0.29, 0.717) is 0 Å². The second-order valence-electron chi connectivity index (χ2n) is 5.30. The zero-order chi connectivity index (χ0) is 14.8. The summed E-state index contributed by atoms with van der Waals surface area (Å²) in [5.41, 5.74) is 3.95. The predicted octanol–water partition coefficient (Wildman–Crippen LogP) is 5.37. The average Bonchev–Trinajstić information content (AvgIpc) is 2.91. The van der Waals surface area contributed by atoms with Crippen molar-refractivity contribution in [3.8, 4) is 0 Å². The van der Waals surface area contributed by atoms with E-state index in [2.05, 4.69) is 54.0 Å². The molecule has 1 heterocycles. The van der Waals surface area contributed by atoms with Crippen LogP contribution in [0.5, 0.6) is 0 Å². The Hall–Kier alpha value is -1.35. The first-order chi connectivity index (χ1) is 10.2. The molecule has 3 rings (SSSR count). The van der Waals surface area contributed by atoms with Crippen LogP contribution in [0.25, 0.3) is 10.1 Å². The highest BCUT2D eigenvalue weighted by Crippen LogP contribution is 2.31. The minimum absolute atomic E-state index is 0.279. The van der Waals surface area contributed by atoms with Crippen molar-refractivity contribution >= 4 is 33.0 Å². The fraction of sp³-hybridized carbons (Fsp3) is 0.222. The number of aryl methyl sites for hydroxylation is 1. The molecule has 1 unspecified atom stereocenters. The first-order valence-corrected chi connectivity index (χ1v) is 8.33. The van der Waals surface area contributed by atoms with Crippen LogP contribution in [0.4, 0.5) is 0 Å². The van der Waals surface area contributed by atoms with E-state index >= 15 is 0 Å². The highest BCUT2D eigenvalue weighted by molar-refractivity contribution is 7.17. The van der Waals surface area contributed by atoms with Gasteiger partial charge in [0.25, 0.3) is 0 Å². The molecule has 1 atom stereocenters. The van der Waals surface area contributed by atoms with Crippen LogP contribution < -0.4 is 5.32 Å². The van der Waals surface area contributed by atoms with Gasteiger partial charge in [-0.25, -0.2) is 0 Å². The van der Waals surface area contributed by atoms with E-state index in [1.807, 2.05) is 24.5 Å². The topological polar surface area (TPSA) is 12.0 Å². The minimum Gasteiger partial charge on any atom is -0.313 e. The van der Waals surface area contributed by atoms with Gasteiger partial charge in [-0.15, -0.1) is 11.3 Å². The summed E-state index contributed by atoms with van der Waals surface area (Å²) in [4.78, 5) is 0. The normalized spacial score (nSPS) is 12.7. The van der Waals surface area contributed by atoms with Gasteiger partial charge in [-0.1, -0.05) is 35.9 Å². The Kier molecular flexibility index (Phi) is 4.29. The van der Waals surface area contributed by atoms with Crippen molar-refractivity contribution in [2.45, 2.75) is 19.4 Å². The van der Waals surface area contributed by atoms with E-state index in [0.717, 1.165) is 11.4 Å². The van der Waals surface area contributed by atoms with Crippen LogP contribution in [0.15, 0.2) is 47.8 Å². The molecule has 0 fully saturated rings. The van der Waals surface area contributed by atoms with Crippen LogP contribution in [0.1, 0.15) is 22.7 Å². The van der Waals surface area contributed by atoms with Crippen molar-refractivity contribution in [2.75, 3.05) is 7.05 Å². The molecule has 21 heavy (non-hydrogen) atoms. The summed E-state index contributed by atoms with van der Waals surface area (Å²) in [7, 11) is 2.01. The predicted molar refractivity (Wildman–Crippen MR) is 93.5 cm³/mol. The SMILES string of the molecule is CNC(Cc1csc2ccccc12)c1cc(Cl)ccc1C. The van der Waals surface area contributed by atoms with Crippen LogP contribution in [-0.4, -0.2) is 7.05 Å². The maximum atomic E-state index is 6.17. The van der Waals surface area contributed by atoms with Crippen LogP contribution in [0.2, 0.25) is 5.02 Å². The van der Waals surface area contributed by atoms with Crippen molar-refractivity contribution in [1.82, 2.24) is 5.32 Å². The number of fused-ring (bicyclic) bond motifs is 1. The Morgan fingerprint density at radius 2 is 2.00 bits per heavy atom. The third-order valence-electron chi connectivity index (χ3n) is 3.95. The molecule has 0 aliphatic carbocycles. The summed E-state index contributed by atoms with van der Waals surface area (Å²) in [6.07, 6.45) is 0.974. The monoisotopic (exact) mass is 315 g/mol. The number of hydrogen-bond donors (Lipinski definition) is 1. The largest absolute Gasteiger partial charge is 0.313 e. The van der Waals surface area contributed by atoms with Gasteiger partial charge in [-0.2, -0.15) is 0 Å². The molecule has 0 bridgehead atoms. The number of thiophene rings is 1. The van der Waals surface area contributed by atoms with Crippen LogP contribution >= 0.6 is 22.9 Å². The lowest BCUT2D eigenvalue weighted by molar-refractivity contribution is 0.591. The molecule has 0 aliphatic rings. The van der Waals surface area contributed by atoms with Crippen LogP contribution in [0, 0.1) is 6.92 Å². The third kappa shape index (κ3) is 2.98. The van der Waals surface area contributed by atoms with Gasteiger partial charge in [0.2, 0.25) is 0 Å². The zero-order valence-electron chi connectivity index (χ0n) is 12.2. The van der Waals surface area contributed by atoms with E-state index in [4.69, 9.17) is 11.6 Å². The molecule has 0 spiro atoms. The molecular formula is C18H18ClNS. The molecule has 1 nitrogen and oxygen atoms in total. The standard InChI is InChI=1S/C18H18ClNS/c1-12-7-8-14(19)10-16(12)17(20-2)9-13-11-21-18-6-4-3-5-15(13)18/h3-8,10-11,17,20H,9H2,1-2H3. The lowest BCUT2D eigenvalue weighted by Gasteiger charge is -2.19. The maximum absolute atomic E-state index is 6.17. The first kappa shape index (κ1) is 14.6. The number of hydrogen-bond acceptors (Lipinski definition) is 2. The number of likely N-dealkylation sites (N-methyl/N-ethyl adjacent to an activating group) is 1. The fourth-order valence-corrected chi connectivity index (χ4v) is 3.92. The van der Waals surface area contributed by atoms with Crippen molar-refractivity contribution in [1.29, 1.82) is 0 Å². The van der Waals surface area contributed by atoms with Crippen molar-refractivity contribution in [2.24, 2.45) is 0 Å². The molecule has 1 aromatic heterocycles. The fourth-order valence-electron chi connectivity index (χ4n) is 2.77. The van der Waals surface area contributed by atoms with Gasteiger partial charge in [-0.05, 0) is 66.0 Å². The molecule has 0 amide bonds. The summed E-state index contributed by atoms with van der Waals surface area (Å²) < 4.78 is 1.35. The molecule has 0 saturated heterocycles. The molecule has 0 radical (unpaired) electrons. The summed E-state index contributed by atoms with van der Waals surface area (Å²) >= 11 is 7.98. The van der Waals surface area contributed by atoms with Crippen molar-refractivity contribution in [3.63, 3.8) is 0 Å². The summed E-state index contributed by atoms with van der Waals surface area (Å²) in [6, 6.07) is 15.0. The van der Waals surface area contributed by atoms with Crippen molar-refractivity contribution < 1.29 is 0 Å². The van der Waals surface area contributed by atoms with Crippen LogP contribution in [0.3, 0.4) is 0 Å². The Morgan fingerprint density at radius 1 is 1.19 bits per heavy atom. The van der Waals surface area contributed by atoms with Gasteiger partial charge in [0.05, 0.1) is 0 Å². The lowest BCUT2D eigenvalue weighted by Crippen LogP contribution is -2.19. The van der Waals surface area contributed by atoms with Gasteiger partial charge in [0.15, 0.2) is 0 Å². The highest BCUT2D eigenvalue weighted by Gasteiger charge is 2.15. The molecule has 108 valence electrons. The van der Waals surface area contributed by atoms with Crippen LogP contribution in [-0.2, 0) is 6.42 Å². The second-order valence-corrected chi connectivity index (χ2v) is 6.65. The molecule has 3 aromatic rings. The van der Waals surface area contributed by atoms with E-state index in [1.165, 1.54) is 26.8 Å². The molecule has 0 saturated carbocycles. The lowest BCUT2D eigenvalue weighted by atomic mass is 9.95. The number of nitrogens with one attached hydrogen (secondary N) is 1. The van der Waals surface area contributed by atoms with Crippen molar-refractivity contribution in [3.05, 3.63) is 69.6 Å². The quantitative estimate of drug-likeness (QED) is 0.683. The summed E-state index contributed by atoms with van der Waals surface area (Å²) in [5.74, 6) is 0. The van der Waals surface area contributed by atoms with Gasteiger partial charge in [-0.3, -0.25) is 0 Å². The zero-order valence-corrected chi connectivity index (χ0v) is 13.8. The minimum atomic E-state index is 0.279. The van der Waals surface area contributed by atoms with E-state index < -0.39 is 0 Å². The molecule has 1 N–H and O–H groups in total. The third-order valence-corrected chi connectivity index (χ3v) is 5.20. The molecule has 2 aromatic carbocycles. The molecular weight excluding hydrogens is 298 g/mol. The first-order valence-electron chi connectivity index (χ1n) is 7.07. The average molecular weight is 316 g/mol.